The van der Waals surface area contributed by atoms with Crippen LogP contribution < -0.4 is 10.1 Å². The highest BCUT2D eigenvalue weighted by molar-refractivity contribution is 5.67. The van der Waals surface area contributed by atoms with E-state index in [-0.39, 0.29) is 6.09 Å². The van der Waals surface area contributed by atoms with E-state index in [1.54, 1.807) is 0 Å². The molecule has 0 unspecified atom stereocenters. The normalized spacial score (nSPS) is 11.0. The highest BCUT2D eigenvalue weighted by Gasteiger charge is 2.15. The van der Waals surface area contributed by atoms with Gasteiger partial charge in [0, 0.05) is 6.54 Å². The number of benzene rings is 1. The average Bonchev–Trinajstić information content (AvgIpc) is 2.41. The Morgan fingerprint density at radius 3 is 2.48 bits per heavy atom. The fraction of sp³-hybridized carbons (Fsp3) is 0.588. The molecule has 0 heterocycles. The molecule has 0 atom stereocenters. The molecule has 0 bridgehead atoms. The summed E-state index contributed by atoms with van der Waals surface area (Å²) in [6.45, 7) is 6.96. The summed E-state index contributed by atoms with van der Waals surface area (Å²) in [6, 6.07) is 10.5. The SMILES string of the molecule is CC(C)(C)OC(=O)NCCCCCCOc1cc[c]cc1. The van der Waals surface area contributed by atoms with E-state index in [2.05, 4.69) is 11.4 Å². The third-order valence-electron chi connectivity index (χ3n) is 2.70. The molecule has 1 N–H and O–H groups in total. The van der Waals surface area contributed by atoms with Crippen molar-refractivity contribution in [3.63, 3.8) is 0 Å². The van der Waals surface area contributed by atoms with Crippen LogP contribution in [0.3, 0.4) is 0 Å². The van der Waals surface area contributed by atoms with Gasteiger partial charge < -0.3 is 14.8 Å². The van der Waals surface area contributed by atoms with Gasteiger partial charge in [-0.05, 0) is 51.8 Å². The van der Waals surface area contributed by atoms with Crippen LogP contribution in [0.25, 0.3) is 0 Å². The molecule has 4 nitrogen and oxygen atoms in total. The molecule has 1 radical (unpaired) electrons. The van der Waals surface area contributed by atoms with Crippen molar-refractivity contribution in [3.8, 4) is 5.75 Å². The molecule has 117 valence electrons. The van der Waals surface area contributed by atoms with Crippen LogP contribution in [0, 0.1) is 6.07 Å². The molecule has 0 saturated heterocycles. The van der Waals surface area contributed by atoms with Gasteiger partial charge in [-0.1, -0.05) is 25.0 Å². The van der Waals surface area contributed by atoms with E-state index in [9.17, 15) is 4.79 Å². The molecule has 1 rings (SSSR count). The zero-order valence-corrected chi connectivity index (χ0v) is 13.3. The summed E-state index contributed by atoms with van der Waals surface area (Å²) in [7, 11) is 0. The Balaban J connectivity index is 1.92. The lowest BCUT2D eigenvalue weighted by atomic mass is 10.2. The minimum Gasteiger partial charge on any atom is -0.494 e. The second-order valence-electron chi connectivity index (χ2n) is 5.93. The summed E-state index contributed by atoms with van der Waals surface area (Å²) >= 11 is 0. The fourth-order valence-electron chi connectivity index (χ4n) is 1.74. The molecule has 4 heteroatoms. The molecule has 1 aromatic carbocycles. The Bertz CT molecular complexity index is 398. The molecule has 0 aliphatic carbocycles. The average molecular weight is 292 g/mol. The smallest absolute Gasteiger partial charge is 0.407 e. The van der Waals surface area contributed by atoms with Crippen LogP contribution in [0.1, 0.15) is 46.5 Å². The maximum Gasteiger partial charge on any atom is 0.407 e. The van der Waals surface area contributed by atoms with Crippen LogP contribution in [-0.4, -0.2) is 24.8 Å². The van der Waals surface area contributed by atoms with Gasteiger partial charge >= 0.3 is 6.09 Å². The highest BCUT2D eigenvalue weighted by Crippen LogP contribution is 2.09. The van der Waals surface area contributed by atoms with Gasteiger partial charge in [-0.25, -0.2) is 4.79 Å². The van der Waals surface area contributed by atoms with E-state index in [0.717, 1.165) is 38.0 Å². The van der Waals surface area contributed by atoms with Crippen LogP contribution in [0.15, 0.2) is 24.3 Å². The van der Waals surface area contributed by atoms with Gasteiger partial charge in [0.25, 0.3) is 0 Å². The Morgan fingerprint density at radius 2 is 1.81 bits per heavy atom. The number of carbonyl (C=O) groups is 1. The summed E-state index contributed by atoms with van der Waals surface area (Å²) in [5.74, 6) is 0.889. The summed E-state index contributed by atoms with van der Waals surface area (Å²) in [5.41, 5.74) is -0.434. The zero-order chi connectivity index (χ0) is 15.6. The van der Waals surface area contributed by atoms with E-state index in [0.29, 0.717) is 6.54 Å². The lowest BCUT2D eigenvalue weighted by Gasteiger charge is -2.19. The predicted octanol–water partition coefficient (Wildman–Crippen LogP) is 3.95. The Kier molecular flexibility index (Phi) is 7.65. The van der Waals surface area contributed by atoms with E-state index in [1.807, 2.05) is 45.0 Å². The van der Waals surface area contributed by atoms with Crippen molar-refractivity contribution >= 4 is 6.09 Å². The third-order valence-corrected chi connectivity index (χ3v) is 2.70. The summed E-state index contributed by atoms with van der Waals surface area (Å²) in [4.78, 5) is 11.4. The zero-order valence-electron chi connectivity index (χ0n) is 13.3. The number of hydrogen-bond acceptors (Lipinski definition) is 3. The number of amides is 1. The molecular weight excluding hydrogens is 266 g/mol. The predicted molar refractivity (Wildman–Crippen MR) is 83.5 cm³/mol. The Hall–Kier alpha value is -1.71. The summed E-state index contributed by atoms with van der Waals surface area (Å²) < 4.78 is 10.8. The lowest BCUT2D eigenvalue weighted by molar-refractivity contribution is 0.0527. The Morgan fingerprint density at radius 1 is 1.14 bits per heavy atom. The van der Waals surface area contributed by atoms with Crippen LogP contribution >= 0.6 is 0 Å². The Labute approximate surface area is 127 Å². The van der Waals surface area contributed by atoms with E-state index >= 15 is 0 Å². The maximum absolute atomic E-state index is 11.4. The highest BCUT2D eigenvalue weighted by atomic mass is 16.6. The van der Waals surface area contributed by atoms with Gasteiger partial charge in [0.1, 0.15) is 11.4 Å². The van der Waals surface area contributed by atoms with Gasteiger partial charge in [0.05, 0.1) is 6.61 Å². The second-order valence-corrected chi connectivity index (χ2v) is 5.93. The number of nitrogens with one attached hydrogen (secondary N) is 1. The molecule has 0 saturated carbocycles. The van der Waals surface area contributed by atoms with Gasteiger partial charge in [-0.3, -0.25) is 0 Å². The van der Waals surface area contributed by atoms with E-state index in [1.165, 1.54) is 0 Å². The van der Waals surface area contributed by atoms with Crippen molar-refractivity contribution in [2.45, 2.75) is 52.1 Å². The minimum absolute atomic E-state index is 0.341. The van der Waals surface area contributed by atoms with Gasteiger partial charge in [0.2, 0.25) is 0 Å². The number of carbonyl (C=O) groups excluding carboxylic acids is 1. The number of unbranched alkanes of at least 4 members (excludes halogenated alkanes) is 3. The first-order valence-electron chi connectivity index (χ1n) is 7.53. The van der Waals surface area contributed by atoms with E-state index < -0.39 is 5.60 Å². The lowest BCUT2D eigenvalue weighted by Crippen LogP contribution is -2.32. The second kappa shape index (κ2) is 9.27. The molecule has 1 amide bonds. The monoisotopic (exact) mass is 292 g/mol. The first-order chi connectivity index (χ1) is 9.97. The molecule has 0 aliphatic rings. The number of rotatable bonds is 8. The van der Waals surface area contributed by atoms with Crippen molar-refractivity contribution in [2.24, 2.45) is 0 Å². The molecule has 1 aromatic rings. The largest absolute Gasteiger partial charge is 0.494 e. The van der Waals surface area contributed by atoms with Crippen LogP contribution in [0.5, 0.6) is 5.75 Å². The quantitative estimate of drug-likeness (QED) is 0.738. The molecule has 21 heavy (non-hydrogen) atoms. The first-order valence-corrected chi connectivity index (χ1v) is 7.53. The minimum atomic E-state index is -0.434. The van der Waals surface area contributed by atoms with Gasteiger partial charge in [-0.2, -0.15) is 0 Å². The first kappa shape index (κ1) is 17.3. The third kappa shape index (κ3) is 9.77. The fourth-order valence-corrected chi connectivity index (χ4v) is 1.74. The number of hydrogen-bond donors (Lipinski definition) is 1. The number of ether oxygens (including phenoxy) is 2. The van der Waals surface area contributed by atoms with Crippen molar-refractivity contribution in [3.05, 3.63) is 30.3 Å². The van der Waals surface area contributed by atoms with Gasteiger partial charge in [-0.15, -0.1) is 0 Å². The molecule has 0 aromatic heterocycles. The maximum atomic E-state index is 11.4. The molecule has 0 fully saturated rings. The van der Waals surface area contributed by atoms with Gasteiger partial charge in [0.15, 0.2) is 0 Å². The molecular formula is C17H26NO3. The standard InChI is InChI=1S/C17H26NO3/c1-17(2,3)21-16(19)18-13-9-4-5-10-14-20-15-11-7-6-8-12-15/h7-8,11-12H,4-5,9-10,13-14H2,1-3H3,(H,18,19). The summed E-state index contributed by atoms with van der Waals surface area (Å²) in [5, 5.41) is 2.76. The number of alkyl carbamates (subject to hydrolysis) is 1. The van der Waals surface area contributed by atoms with Crippen LogP contribution in [0.2, 0.25) is 0 Å². The molecule has 0 spiro atoms. The van der Waals surface area contributed by atoms with E-state index in [4.69, 9.17) is 9.47 Å². The van der Waals surface area contributed by atoms with Crippen molar-refractivity contribution < 1.29 is 14.3 Å². The van der Waals surface area contributed by atoms with Crippen molar-refractivity contribution in [1.82, 2.24) is 5.32 Å². The molecule has 0 aliphatic heterocycles. The van der Waals surface area contributed by atoms with Crippen molar-refractivity contribution in [2.75, 3.05) is 13.2 Å². The van der Waals surface area contributed by atoms with Crippen molar-refractivity contribution in [1.29, 1.82) is 0 Å². The van der Waals surface area contributed by atoms with Crippen LogP contribution in [0.4, 0.5) is 4.79 Å². The summed E-state index contributed by atoms with van der Waals surface area (Å²) in [6.07, 6.45) is 3.80. The van der Waals surface area contributed by atoms with Crippen LogP contribution in [-0.2, 0) is 4.74 Å². The topological polar surface area (TPSA) is 47.6 Å².